The molecule has 3 aliphatic rings. The quantitative estimate of drug-likeness (QED) is 0.680. The highest BCUT2D eigenvalue weighted by Gasteiger charge is 2.44. The van der Waals surface area contributed by atoms with E-state index in [0.717, 1.165) is 6.07 Å². The monoisotopic (exact) mass is 443 g/mol. The van der Waals surface area contributed by atoms with Crippen LogP contribution >= 0.6 is 0 Å². The largest absolute Gasteiger partial charge is 0.485 e. The zero-order valence-electron chi connectivity index (χ0n) is 17.6. The standard InChI is InChI=1S/C23H23F2N3O4/c1-26-19-12-28(23(30)27-6-8-31-9-7-27)13-21(19)32-20-10-14(2-4-17(20)22(26)29)16-5-3-15(24)11-18(16)25/h2-5,10-11,19,21H,6-9,12-13H2,1H3. The smallest absolute Gasteiger partial charge is 0.320 e. The molecule has 2 fully saturated rings. The van der Waals surface area contributed by atoms with E-state index < -0.39 is 17.7 Å². The number of ether oxygens (including phenoxy) is 2. The van der Waals surface area contributed by atoms with Gasteiger partial charge in [-0.2, -0.15) is 0 Å². The Hall–Kier alpha value is -3.20. The molecule has 2 saturated heterocycles. The summed E-state index contributed by atoms with van der Waals surface area (Å²) in [5.41, 5.74) is 1.07. The van der Waals surface area contributed by atoms with Gasteiger partial charge in [0.05, 0.1) is 31.4 Å². The number of benzene rings is 2. The van der Waals surface area contributed by atoms with Crippen molar-refractivity contribution in [1.29, 1.82) is 0 Å². The van der Waals surface area contributed by atoms with Crippen molar-refractivity contribution in [2.24, 2.45) is 0 Å². The van der Waals surface area contributed by atoms with Gasteiger partial charge in [0.15, 0.2) is 0 Å². The van der Waals surface area contributed by atoms with Crippen molar-refractivity contribution in [3.05, 3.63) is 53.6 Å². The maximum atomic E-state index is 14.3. The summed E-state index contributed by atoms with van der Waals surface area (Å²) in [4.78, 5) is 31.1. The number of rotatable bonds is 1. The van der Waals surface area contributed by atoms with Crippen molar-refractivity contribution in [2.75, 3.05) is 46.4 Å². The SMILES string of the molecule is CN1C(=O)c2ccc(-c3ccc(F)cc3F)cc2OC2CN(C(=O)N3CCOCC3)CC21. The molecule has 0 aromatic heterocycles. The number of urea groups is 1. The fraction of sp³-hybridized carbons (Fsp3) is 0.391. The molecule has 168 valence electrons. The molecule has 9 heteroatoms. The maximum absolute atomic E-state index is 14.3. The highest BCUT2D eigenvalue weighted by molar-refractivity contribution is 5.98. The van der Waals surface area contributed by atoms with Crippen LogP contribution in [0.1, 0.15) is 10.4 Å². The van der Waals surface area contributed by atoms with Gasteiger partial charge in [-0.05, 0) is 29.8 Å². The molecule has 2 unspecified atom stereocenters. The summed E-state index contributed by atoms with van der Waals surface area (Å²) < 4.78 is 39.2. The summed E-state index contributed by atoms with van der Waals surface area (Å²) in [6.45, 7) is 2.81. The molecule has 7 nitrogen and oxygen atoms in total. The molecule has 5 rings (SSSR count). The Morgan fingerprint density at radius 3 is 2.50 bits per heavy atom. The third-order valence-electron chi connectivity index (χ3n) is 6.34. The number of likely N-dealkylation sites (tertiary alicyclic amines) is 1. The van der Waals surface area contributed by atoms with Gasteiger partial charge < -0.3 is 24.2 Å². The van der Waals surface area contributed by atoms with E-state index in [1.165, 1.54) is 12.1 Å². The normalized spacial score (nSPS) is 22.8. The van der Waals surface area contributed by atoms with Crippen LogP contribution in [0.4, 0.5) is 13.6 Å². The van der Waals surface area contributed by atoms with Crippen LogP contribution in [0.25, 0.3) is 11.1 Å². The van der Waals surface area contributed by atoms with Gasteiger partial charge in [0.2, 0.25) is 0 Å². The lowest BCUT2D eigenvalue weighted by Crippen LogP contribution is -2.48. The first-order valence-corrected chi connectivity index (χ1v) is 10.6. The molecular weight excluding hydrogens is 420 g/mol. The second-order valence-electron chi connectivity index (χ2n) is 8.26. The topological polar surface area (TPSA) is 62.3 Å². The summed E-state index contributed by atoms with van der Waals surface area (Å²) in [5.74, 6) is -1.24. The number of hydrogen-bond donors (Lipinski definition) is 0. The van der Waals surface area contributed by atoms with Gasteiger partial charge in [0.25, 0.3) is 5.91 Å². The number of halogens is 2. The summed E-state index contributed by atoms with van der Waals surface area (Å²) in [7, 11) is 1.70. The molecule has 0 saturated carbocycles. The Kier molecular flexibility index (Phi) is 5.21. The molecule has 0 N–H and O–H groups in total. The molecule has 2 atom stereocenters. The van der Waals surface area contributed by atoms with Gasteiger partial charge in [0, 0.05) is 38.3 Å². The Morgan fingerprint density at radius 2 is 1.75 bits per heavy atom. The van der Waals surface area contributed by atoms with Crippen molar-refractivity contribution < 1.29 is 27.8 Å². The van der Waals surface area contributed by atoms with E-state index in [2.05, 4.69) is 0 Å². The predicted octanol–water partition coefficient (Wildman–Crippen LogP) is 2.60. The van der Waals surface area contributed by atoms with Gasteiger partial charge in [-0.3, -0.25) is 4.79 Å². The molecule has 2 aromatic carbocycles. The molecule has 0 radical (unpaired) electrons. The first-order chi connectivity index (χ1) is 15.4. The second kappa shape index (κ2) is 8.05. The Balaban J connectivity index is 1.43. The minimum absolute atomic E-state index is 0.0896. The summed E-state index contributed by atoms with van der Waals surface area (Å²) in [6, 6.07) is 7.81. The first kappa shape index (κ1) is 20.7. The van der Waals surface area contributed by atoms with Crippen LogP contribution in [0.2, 0.25) is 0 Å². The lowest BCUT2D eigenvalue weighted by Gasteiger charge is -2.31. The third-order valence-corrected chi connectivity index (χ3v) is 6.34. The third kappa shape index (κ3) is 3.56. The fourth-order valence-electron chi connectivity index (χ4n) is 4.55. The zero-order valence-corrected chi connectivity index (χ0v) is 17.6. The van der Waals surface area contributed by atoms with Gasteiger partial charge in [0.1, 0.15) is 23.5 Å². The Labute approximate surface area is 184 Å². The number of carbonyl (C=O) groups excluding carboxylic acids is 2. The Morgan fingerprint density at radius 1 is 1.00 bits per heavy atom. The summed E-state index contributed by atoms with van der Waals surface area (Å²) in [5, 5.41) is 0. The van der Waals surface area contributed by atoms with Gasteiger partial charge >= 0.3 is 6.03 Å². The summed E-state index contributed by atoms with van der Waals surface area (Å²) in [6.07, 6.45) is -0.413. The number of nitrogens with zero attached hydrogens (tertiary/aromatic N) is 3. The van der Waals surface area contributed by atoms with E-state index in [1.54, 1.807) is 39.9 Å². The van der Waals surface area contributed by atoms with Crippen LogP contribution in [0.3, 0.4) is 0 Å². The van der Waals surface area contributed by atoms with E-state index in [1.807, 2.05) is 0 Å². The number of likely N-dealkylation sites (N-methyl/N-ethyl adjacent to an activating group) is 1. The number of fused-ring (bicyclic) bond motifs is 2. The maximum Gasteiger partial charge on any atom is 0.320 e. The van der Waals surface area contributed by atoms with Crippen molar-refractivity contribution in [2.45, 2.75) is 12.1 Å². The second-order valence-corrected chi connectivity index (χ2v) is 8.26. The van der Waals surface area contributed by atoms with Crippen LogP contribution in [-0.4, -0.2) is 85.2 Å². The van der Waals surface area contributed by atoms with E-state index in [0.29, 0.717) is 56.3 Å². The zero-order chi connectivity index (χ0) is 22.4. The molecule has 32 heavy (non-hydrogen) atoms. The fourth-order valence-corrected chi connectivity index (χ4v) is 4.55. The molecular formula is C23H23F2N3O4. The van der Waals surface area contributed by atoms with E-state index in [9.17, 15) is 18.4 Å². The Bertz CT molecular complexity index is 1070. The van der Waals surface area contributed by atoms with E-state index >= 15 is 0 Å². The van der Waals surface area contributed by atoms with Crippen molar-refractivity contribution in [1.82, 2.24) is 14.7 Å². The van der Waals surface area contributed by atoms with Crippen molar-refractivity contribution in [3.63, 3.8) is 0 Å². The van der Waals surface area contributed by atoms with Gasteiger partial charge in [-0.1, -0.05) is 6.07 Å². The lowest BCUT2D eigenvalue weighted by molar-refractivity contribution is 0.0441. The lowest BCUT2D eigenvalue weighted by atomic mass is 10.0. The molecule has 0 aliphatic carbocycles. The van der Waals surface area contributed by atoms with Crippen LogP contribution < -0.4 is 4.74 Å². The first-order valence-electron chi connectivity index (χ1n) is 10.6. The van der Waals surface area contributed by atoms with Crippen molar-refractivity contribution in [3.8, 4) is 16.9 Å². The minimum Gasteiger partial charge on any atom is -0.485 e. The number of carbonyl (C=O) groups is 2. The van der Waals surface area contributed by atoms with Crippen LogP contribution in [0.15, 0.2) is 36.4 Å². The molecule has 3 aliphatic heterocycles. The number of amides is 3. The van der Waals surface area contributed by atoms with Crippen LogP contribution in [-0.2, 0) is 4.74 Å². The van der Waals surface area contributed by atoms with E-state index in [4.69, 9.17) is 9.47 Å². The molecule has 2 aromatic rings. The minimum atomic E-state index is -0.692. The van der Waals surface area contributed by atoms with Gasteiger partial charge in [-0.25, -0.2) is 13.6 Å². The van der Waals surface area contributed by atoms with Gasteiger partial charge in [-0.15, -0.1) is 0 Å². The average molecular weight is 443 g/mol. The number of hydrogen-bond acceptors (Lipinski definition) is 4. The van der Waals surface area contributed by atoms with Crippen LogP contribution in [0, 0.1) is 11.6 Å². The number of morpholine rings is 1. The molecule has 3 amide bonds. The van der Waals surface area contributed by atoms with Crippen LogP contribution in [0.5, 0.6) is 5.75 Å². The predicted molar refractivity (Wildman–Crippen MR) is 111 cm³/mol. The highest BCUT2D eigenvalue weighted by atomic mass is 19.1. The van der Waals surface area contributed by atoms with Crippen molar-refractivity contribution >= 4 is 11.9 Å². The summed E-state index contributed by atoms with van der Waals surface area (Å²) >= 11 is 0. The average Bonchev–Trinajstić information content (AvgIpc) is 3.18. The van der Waals surface area contributed by atoms with E-state index in [-0.39, 0.29) is 23.5 Å². The molecule has 3 heterocycles. The highest BCUT2D eigenvalue weighted by Crippen LogP contribution is 2.35. The molecule has 0 spiro atoms. The molecule has 0 bridgehead atoms.